The van der Waals surface area contributed by atoms with Crippen LogP contribution in [-0.4, -0.2) is 39.6 Å². The zero-order valence-electron chi connectivity index (χ0n) is 16.3. The molecular formula is C21H18N4O4S2. The number of anilines is 1. The van der Waals surface area contributed by atoms with Crippen LogP contribution < -0.4 is 14.8 Å². The first kappa shape index (κ1) is 19.7. The molecule has 4 aromatic rings. The molecule has 0 saturated carbocycles. The van der Waals surface area contributed by atoms with Crippen LogP contribution in [0.1, 0.15) is 5.76 Å². The maximum atomic E-state index is 12.5. The molecule has 1 amide bonds. The van der Waals surface area contributed by atoms with Gasteiger partial charge < -0.3 is 19.2 Å². The zero-order chi connectivity index (χ0) is 21.0. The standard InChI is InChI=1S/C21H18N4O4S2/c26-19(22-14-5-6-16-17(11-14)29-9-8-28-16)13-31-21-24-23-20(18-4-2-10-30-18)25(21)12-15-3-1-7-27-15/h1-7,10-11H,8-9,12-13H2,(H,22,26). The van der Waals surface area contributed by atoms with Crippen molar-refractivity contribution in [1.29, 1.82) is 0 Å². The second kappa shape index (κ2) is 8.86. The number of aromatic nitrogens is 3. The Kier molecular flexibility index (Phi) is 5.63. The molecular weight excluding hydrogens is 436 g/mol. The number of benzene rings is 1. The highest BCUT2D eigenvalue weighted by atomic mass is 32.2. The molecule has 0 atom stereocenters. The molecule has 10 heteroatoms. The highest BCUT2D eigenvalue weighted by Crippen LogP contribution is 2.33. The van der Waals surface area contributed by atoms with Crippen LogP contribution in [0.15, 0.2) is 63.7 Å². The Labute approximate surface area is 186 Å². The second-order valence-electron chi connectivity index (χ2n) is 6.64. The quantitative estimate of drug-likeness (QED) is 0.420. The number of furan rings is 1. The van der Waals surface area contributed by atoms with Crippen LogP contribution in [-0.2, 0) is 11.3 Å². The van der Waals surface area contributed by atoms with Crippen molar-refractivity contribution in [2.24, 2.45) is 0 Å². The number of carbonyl (C=O) groups is 1. The zero-order valence-corrected chi connectivity index (χ0v) is 17.9. The summed E-state index contributed by atoms with van der Waals surface area (Å²) in [6.45, 7) is 1.51. The number of nitrogens with one attached hydrogen (secondary N) is 1. The summed E-state index contributed by atoms with van der Waals surface area (Å²) in [6, 6.07) is 13.1. The molecule has 8 nitrogen and oxygen atoms in total. The smallest absolute Gasteiger partial charge is 0.234 e. The summed E-state index contributed by atoms with van der Waals surface area (Å²) in [5.41, 5.74) is 0.658. The number of hydrogen-bond donors (Lipinski definition) is 1. The van der Waals surface area contributed by atoms with E-state index in [0.717, 1.165) is 16.5 Å². The summed E-state index contributed by atoms with van der Waals surface area (Å²) in [4.78, 5) is 13.5. The van der Waals surface area contributed by atoms with Gasteiger partial charge in [-0.15, -0.1) is 21.5 Å². The van der Waals surface area contributed by atoms with Gasteiger partial charge in [0.1, 0.15) is 19.0 Å². The average Bonchev–Trinajstić information content (AvgIpc) is 3.55. The van der Waals surface area contributed by atoms with Crippen molar-refractivity contribution in [3.63, 3.8) is 0 Å². The molecule has 3 aromatic heterocycles. The molecule has 0 radical (unpaired) electrons. The third-order valence-electron chi connectivity index (χ3n) is 4.51. The number of carbonyl (C=O) groups excluding carboxylic acids is 1. The fraction of sp³-hybridized carbons (Fsp3) is 0.190. The molecule has 4 heterocycles. The van der Waals surface area contributed by atoms with Crippen LogP contribution in [0.3, 0.4) is 0 Å². The monoisotopic (exact) mass is 454 g/mol. The number of ether oxygens (including phenoxy) is 2. The summed E-state index contributed by atoms with van der Waals surface area (Å²) < 4.78 is 18.5. The van der Waals surface area contributed by atoms with Gasteiger partial charge in [0.2, 0.25) is 5.91 Å². The van der Waals surface area contributed by atoms with E-state index >= 15 is 0 Å². The third kappa shape index (κ3) is 4.44. The predicted octanol–water partition coefficient (Wildman–Crippen LogP) is 4.15. The lowest BCUT2D eigenvalue weighted by Crippen LogP contribution is -2.17. The van der Waals surface area contributed by atoms with E-state index in [1.165, 1.54) is 11.8 Å². The highest BCUT2D eigenvalue weighted by molar-refractivity contribution is 7.99. The van der Waals surface area contributed by atoms with Gasteiger partial charge in [-0.3, -0.25) is 9.36 Å². The van der Waals surface area contributed by atoms with E-state index in [2.05, 4.69) is 15.5 Å². The van der Waals surface area contributed by atoms with E-state index < -0.39 is 0 Å². The SMILES string of the molecule is O=C(CSc1nnc(-c2cccs2)n1Cc1ccco1)Nc1ccc2c(c1)OCCO2. The Morgan fingerprint density at radius 2 is 2.03 bits per heavy atom. The number of thioether (sulfide) groups is 1. The molecule has 5 rings (SSSR count). The molecule has 1 N–H and O–H groups in total. The minimum absolute atomic E-state index is 0.146. The highest BCUT2D eigenvalue weighted by Gasteiger charge is 2.18. The van der Waals surface area contributed by atoms with Crippen LogP contribution in [0, 0.1) is 0 Å². The Balaban J connectivity index is 1.29. The number of rotatable bonds is 7. The van der Waals surface area contributed by atoms with Crippen LogP contribution in [0.4, 0.5) is 5.69 Å². The Hall–Kier alpha value is -3.24. The van der Waals surface area contributed by atoms with Gasteiger partial charge in [0, 0.05) is 11.8 Å². The van der Waals surface area contributed by atoms with Crippen LogP contribution in [0.2, 0.25) is 0 Å². The predicted molar refractivity (Wildman–Crippen MR) is 118 cm³/mol. The molecule has 1 aliphatic rings. The van der Waals surface area contributed by atoms with Crippen molar-refractivity contribution in [3.05, 3.63) is 59.9 Å². The first-order valence-corrected chi connectivity index (χ1v) is 11.4. The van der Waals surface area contributed by atoms with Gasteiger partial charge in [-0.1, -0.05) is 17.8 Å². The fourth-order valence-electron chi connectivity index (χ4n) is 3.13. The lowest BCUT2D eigenvalue weighted by Gasteiger charge is -2.19. The summed E-state index contributed by atoms with van der Waals surface area (Å²) in [7, 11) is 0. The molecule has 0 fully saturated rings. The number of nitrogens with zero attached hydrogens (tertiary/aromatic N) is 3. The maximum absolute atomic E-state index is 12.5. The first-order valence-electron chi connectivity index (χ1n) is 9.58. The van der Waals surface area contributed by atoms with Gasteiger partial charge in [0.05, 0.1) is 23.4 Å². The molecule has 158 valence electrons. The van der Waals surface area contributed by atoms with E-state index in [1.54, 1.807) is 35.8 Å². The Morgan fingerprint density at radius 3 is 2.84 bits per heavy atom. The summed E-state index contributed by atoms with van der Waals surface area (Å²) in [5.74, 6) is 2.91. The minimum Gasteiger partial charge on any atom is -0.486 e. The van der Waals surface area contributed by atoms with Crippen LogP contribution in [0.25, 0.3) is 10.7 Å². The minimum atomic E-state index is -0.146. The van der Waals surface area contributed by atoms with Crippen molar-refractivity contribution in [2.75, 3.05) is 24.3 Å². The Morgan fingerprint density at radius 1 is 1.13 bits per heavy atom. The van der Waals surface area contributed by atoms with Gasteiger partial charge in [-0.2, -0.15) is 0 Å². The fourth-order valence-corrected chi connectivity index (χ4v) is 4.59. The number of thiophene rings is 1. The van der Waals surface area contributed by atoms with Crippen LogP contribution in [0.5, 0.6) is 11.5 Å². The summed E-state index contributed by atoms with van der Waals surface area (Å²) in [5, 5.41) is 14.2. The summed E-state index contributed by atoms with van der Waals surface area (Å²) in [6.07, 6.45) is 1.64. The van der Waals surface area contributed by atoms with Gasteiger partial charge in [-0.25, -0.2) is 0 Å². The van der Waals surface area contributed by atoms with Crippen LogP contribution >= 0.6 is 23.1 Å². The molecule has 0 bridgehead atoms. The molecule has 31 heavy (non-hydrogen) atoms. The number of fused-ring (bicyclic) bond motifs is 1. The van der Waals surface area contributed by atoms with Gasteiger partial charge in [0.15, 0.2) is 22.5 Å². The van der Waals surface area contributed by atoms with Crippen molar-refractivity contribution in [2.45, 2.75) is 11.7 Å². The lowest BCUT2D eigenvalue weighted by atomic mass is 10.2. The molecule has 0 aliphatic carbocycles. The van der Waals surface area contributed by atoms with Crippen molar-refractivity contribution in [1.82, 2.24) is 14.8 Å². The van der Waals surface area contributed by atoms with E-state index in [-0.39, 0.29) is 11.7 Å². The lowest BCUT2D eigenvalue weighted by molar-refractivity contribution is -0.113. The molecule has 0 unspecified atom stereocenters. The van der Waals surface area contributed by atoms with Crippen molar-refractivity contribution < 1.29 is 18.7 Å². The van der Waals surface area contributed by atoms with Crippen molar-refractivity contribution >= 4 is 34.7 Å². The van der Waals surface area contributed by atoms with E-state index in [4.69, 9.17) is 13.9 Å². The second-order valence-corrected chi connectivity index (χ2v) is 8.53. The number of amides is 1. The molecule has 0 saturated heterocycles. The maximum Gasteiger partial charge on any atom is 0.234 e. The molecule has 1 aliphatic heterocycles. The van der Waals surface area contributed by atoms with Gasteiger partial charge >= 0.3 is 0 Å². The first-order chi connectivity index (χ1) is 15.3. The van der Waals surface area contributed by atoms with Crippen molar-refractivity contribution in [3.8, 4) is 22.2 Å². The largest absolute Gasteiger partial charge is 0.486 e. The molecule has 1 aromatic carbocycles. The summed E-state index contributed by atoms with van der Waals surface area (Å²) >= 11 is 2.92. The van der Waals surface area contributed by atoms with Gasteiger partial charge in [0.25, 0.3) is 0 Å². The average molecular weight is 455 g/mol. The topological polar surface area (TPSA) is 91.4 Å². The normalized spacial score (nSPS) is 12.6. The number of hydrogen-bond acceptors (Lipinski definition) is 8. The Bertz CT molecular complexity index is 1170. The van der Waals surface area contributed by atoms with Gasteiger partial charge in [-0.05, 0) is 35.7 Å². The van der Waals surface area contributed by atoms with E-state index in [1.807, 2.05) is 34.2 Å². The van der Waals surface area contributed by atoms with E-state index in [9.17, 15) is 4.79 Å². The van der Waals surface area contributed by atoms with E-state index in [0.29, 0.717) is 42.1 Å². The third-order valence-corrected chi connectivity index (χ3v) is 6.34. The molecule has 0 spiro atoms.